The standard InChI is InChI=1S/C11H18F3N3/c1-3-9-7-10(4-2)17(16-9)6-5-15-8-11(12,13)14/h7,15H,3-6,8H2,1-2H3. The summed E-state index contributed by atoms with van der Waals surface area (Å²) in [7, 11) is 0. The first kappa shape index (κ1) is 14.0. The lowest BCUT2D eigenvalue weighted by molar-refractivity contribution is -0.124. The van der Waals surface area contributed by atoms with Gasteiger partial charge in [-0.2, -0.15) is 18.3 Å². The van der Waals surface area contributed by atoms with Crippen molar-refractivity contribution in [2.24, 2.45) is 0 Å². The summed E-state index contributed by atoms with van der Waals surface area (Å²) in [5, 5.41) is 6.70. The molecule has 0 aliphatic carbocycles. The topological polar surface area (TPSA) is 29.9 Å². The Morgan fingerprint density at radius 1 is 1.29 bits per heavy atom. The molecule has 1 rings (SSSR count). The van der Waals surface area contributed by atoms with E-state index in [9.17, 15) is 13.2 Å². The van der Waals surface area contributed by atoms with Crippen LogP contribution in [-0.4, -0.2) is 29.0 Å². The van der Waals surface area contributed by atoms with Gasteiger partial charge >= 0.3 is 6.18 Å². The Kier molecular flexibility index (Phi) is 4.99. The Hall–Kier alpha value is -1.04. The van der Waals surface area contributed by atoms with Crippen LogP contribution in [0.25, 0.3) is 0 Å². The van der Waals surface area contributed by atoms with E-state index in [-0.39, 0.29) is 6.54 Å². The summed E-state index contributed by atoms with van der Waals surface area (Å²) < 4.78 is 37.5. The van der Waals surface area contributed by atoms with Crippen molar-refractivity contribution in [3.05, 3.63) is 17.5 Å². The average Bonchev–Trinajstić information content (AvgIpc) is 2.65. The molecule has 0 aromatic carbocycles. The molecule has 6 heteroatoms. The first-order chi connectivity index (χ1) is 7.96. The summed E-state index contributed by atoms with van der Waals surface area (Å²) in [4.78, 5) is 0. The highest BCUT2D eigenvalue weighted by molar-refractivity contribution is 5.10. The smallest absolute Gasteiger partial charge is 0.307 e. The molecular weight excluding hydrogens is 231 g/mol. The van der Waals surface area contributed by atoms with Gasteiger partial charge in [-0.3, -0.25) is 4.68 Å². The summed E-state index contributed by atoms with van der Waals surface area (Å²) in [5.41, 5.74) is 2.05. The molecule has 0 aliphatic rings. The van der Waals surface area contributed by atoms with Crippen LogP contribution in [-0.2, 0) is 19.4 Å². The summed E-state index contributed by atoms with van der Waals surface area (Å²) in [6.45, 7) is 3.82. The Balaban J connectivity index is 2.43. The minimum Gasteiger partial charge on any atom is -0.307 e. The molecule has 0 unspecified atom stereocenters. The zero-order valence-electron chi connectivity index (χ0n) is 10.1. The van der Waals surface area contributed by atoms with Crippen LogP contribution in [0.5, 0.6) is 0 Å². The molecule has 1 aromatic heterocycles. The molecule has 0 saturated carbocycles. The van der Waals surface area contributed by atoms with Crippen LogP contribution >= 0.6 is 0 Å². The van der Waals surface area contributed by atoms with Gasteiger partial charge in [0.05, 0.1) is 18.8 Å². The van der Waals surface area contributed by atoms with E-state index in [1.54, 1.807) is 4.68 Å². The molecule has 0 radical (unpaired) electrons. The first-order valence-corrected chi connectivity index (χ1v) is 5.79. The predicted molar refractivity (Wildman–Crippen MR) is 59.9 cm³/mol. The fraction of sp³-hybridized carbons (Fsp3) is 0.727. The molecule has 0 atom stereocenters. The molecule has 0 bridgehead atoms. The van der Waals surface area contributed by atoms with E-state index < -0.39 is 12.7 Å². The van der Waals surface area contributed by atoms with Crippen LogP contribution in [0.4, 0.5) is 13.2 Å². The molecule has 0 aliphatic heterocycles. The number of halogens is 3. The van der Waals surface area contributed by atoms with E-state index in [2.05, 4.69) is 10.4 Å². The lowest BCUT2D eigenvalue weighted by atomic mass is 10.3. The van der Waals surface area contributed by atoms with E-state index in [0.29, 0.717) is 6.54 Å². The van der Waals surface area contributed by atoms with Crippen molar-refractivity contribution in [3.8, 4) is 0 Å². The average molecular weight is 249 g/mol. The summed E-state index contributed by atoms with van der Waals surface area (Å²) in [6, 6.07) is 2.00. The second-order valence-electron chi connectivity index (χ2n) is 3.85. The lowest BCUT2D eigenvalue weighted by Crippen LogP contribution is -2.31. The molecule has 1 aromatic rings. The maximum atomic E-state index is 11.9. The number of hydrogen-bond donors (Lipinski definition) is 1. The Morgan fingerprint density at radius 2 is 2.00 bits per heavy atom. The summed E-state index contributed by atoms with van der Waals surface area (Å²) >= 11 is 0. The fourth-order valence-corrected chi connectivity index (χ4v) is 1.58. The van der Waals surface area contributed by atoms with E-state index in [0.717, 1.165) is 24.2 Å². The minimum absolute atomic E-state index is 0.275. The molecule has 0 saturated heterocycles. The minimum atomic E-state index is -4.15. The summed E-state index contributed by atoms with van der Waals surface area (Å²) in [6.07, 6.45) is -2.46. The van der Waals surface area contributed by atoms with Gasteiger partial charge in [-0.1, -0.05) is 13.8 Å². The zero-order chi connectivity index (χ0) is 12.9. The molecule has 0 fully saturated rings. The lowest BCUT2D eigenvalue weighted by Gasteiger charge is -2.09. The first-order valence-electron chi connectivity index (χ1n) is 5.79. The number of hydrogen-bond acceptors (Lipinski definition) is 2. The van der Waals surface area contributed by atoms with Crippen LogP contribution in [0.1, 0.15) is 25.2 Å². The van der Waals surface area contributed by atoms with Gasteiger partial charge in [0.2, 0.25) is 0 Å². The van der Waals surface area contributed by atoms with Gasteiger partial charge in [0.1, 0.15) is 0 Å². The third-order valence-electron chi connectivity index (χ3n) is 2.46. The van der Waals surface area contributed by atoms with Crippen molar-refractivity contribution in [3.63, 3.8) is 0 Å². The van der Waals surface area contributed by atoms with Gasteiger partial charge in [-0.05, 0) is 18.9 Å². The molecule has 1 heterocycles. The second-order valence-corrected chi connectivity index (χ2v) is 3.85. The molecular formula is C11H18F3N3. The van der Waals surface area contributed by atoms with Crippen LogP contribution in [0.2, 0.25) is 0 Å². The molecule has 98 valence electrons. The number of aromatic nitrogens is 2. The van der Waals surface area contributed by atoms with E-state index in [4.69, 9.17) is 0 Å². The zero-order valence-corrected chi connectivity index (χ0v) is 10.1. The maximum Gasteiger partial charge on any atom is 0.401 e. The van der Waals surface area contributed by atoms with Crippen LogP contribution in [0, 0.1) is 0 Å². The highest BCUT2D eigenvalue weighted by Gasteiger charge is 2.25. The summed E-state index contributed by atoms with van der Waals surface area (Å²) in [5.74, 6) is 0. The second kappa shape index (κ2) is 6.05. The number of alkyl halides is 3. The fourth-order valence-electron chi connectivity index (χ4n) is 1.58. The van der Waals surface area contributed by atoms with Crippen LogP contribution in [0.15, 0.2) is 6.07 Å². The van der Waals surface area contributed by atoms with Crippen molar-refractivity contribution < 1.29 is 13.2 Å². The molecule has 1 N–H and O–H groups in total. The number of nitrogens with one attached hydrogen (secondary N) is 1. The highest BCUT2D eigenvalue weighted by atomic mass is 19.4. The van der Waals surface area contributed by atoms with Gasteiger partial charge < -0.3 is 5.32 Å². The Morgan fingerprint density at radius 3 is 2.53 bits per heavy atom. The normalized spacial score (nSPS) is 12.1. The number of aryl methyl sites for hydroxylation is 2. The van der Waals surface area contributed by atoms with Gasteiger partial charge in [0, 0.05) is 12.2 Å². The SMILES string of the molecule is CCc1cc(CC)n(CCNCC(F)(F)F)n1. The Bertz CT molecular complexity index is 344. The molecule has 0 amide bonds. The Labute approximate surface area is 99.0 Å². The van der Waals surface area contributed by atoms with E-state index >= 15 is 0 Å². The van der Waals surface area contributed by atoms with E-state index in [1.807, 2.05) is 19.9 Å². The van der Waals surface area contributed by atoms with Crippen molar-refractivity contribution in [1.29, 1.82) is 0 Å². The predicted octanol–water partition coefficient (Wildman–Crippen LogP) is 2.16. The number of nitrogens with zero attached hydrogens (tertiary/aromatic N) is 2. The van der Waals surface area contributed by atoms with Crippen LogP contribution < -0.4 is 5.32 Å². The molecule has 17 heavy (non-hydrogen) atoms. The quantitative estimate of drug-likeness (QED) is 0.783. The van der Waals surface area contributed by atoms with Crippen LogP contribution in [0.3, 0.4) is 0 Å². The largest absolute Gasteiger partial charge is 0.401 e. The van der Waals surface area contributed by atoms with Gasteiger partial charge in [-0.15, -0.1) is 0 Å². The van der Waals surface area contributed by atoms with Gasteiger partial charge in [-0.25, -0.2) is 0 Å². The maximum absolute atomic E-state index is 11.9. The van der Waals surface area contributed by atoms with E-state index in [1.165, 1.54) is 0 Å². The number of rotatable bonds is 6. The van der Waals surface area contributed by atoms with Gasteiger partial charge in [0.25, 0.3) is 0 Å². The monoisotopic (exact) mass is 249 g/mol. The highest BCUT2D eigenvalue weighted by Crippen LogP contribution is 2.12. The third-order valence-corrected chi connectivity index (χ3v) is 2.46. The van der Waals surface area contributed by atoms with Gasteiger partial charge in [0.15, 0.2) is 0 Å². The van der Waals surface area contributed by atoms with Crippen molar-refractivity contribution in [2.45, 2.75) is 39.4 Å². The van der Waals surface area contributed by atoms with Crippen molar-refractivity contribution in [1.82, 2.24) is 15.1 Å². The third kappa shape index (κ3) is 4.77. The molecule has 3 nitrogen and oxygen atoms in total. The van der Waals surface area contributed by atoms with Crippen molar-refractivity contribution >= 4 is 0 Å². The molecule has 0 spiro atoms. The van der Waals surface area contributed by atoms with Crippen molar-refractivity contribution in [2.75, 3.05) is 13.1 Å².